The van der Waals surface area contributed by atoms with Gasteiger partial charge in [0.25, 0.3) is 5.91 Å². The van der Waals surface area contributed by atoms with Crippen LogP contribution in [0.4, 0.5) is 0 Å². The predicted molar refractivity (Wildman–Crippen MR) is 107 cm³/mol. The first-order valence-corrected chi connectivity index (χ1v) is 9.67. The van der Waals surface area contributed by atoms with Crippen molar-refractivity contribution in [1.29, 1.82) is 0 Å². The number of thiazole rings is 1. The van der Waals surface area contributed by atoms with Crippen molar-refractivity contribution in [3.63, 3.8) is 0 Å². The molecule has 0 saturated carbocycles. The van der Waals surface area contributed by atoms with E-state index in [-0.39, 0.29) is 16.8 Å². The summed E-state index contributed by atoms with van der Waals surface area (Å²) in [5.74, 6) is -1.23. The molecule has 0 saturated heterocycles. The molecule has 7 nitrogen and oxygen atoms in total. The summed E-state index contributed by atoms with van der Waals surface area (Å²) in [4.78, 5) is 28.3. The fourth-order valence-corrected chi connectivity index (χ4v) is 3.87. The van der Waals surface area contributed by atoms with Crippen molar-refractivity contribution in [3.05, 3.63) is 68.4 Å². The van der Waals surface area contributed by atoms with Gasteiger partial charge in [-0.1, -0.05) is 12.1 Å². The molecule has 8 heteroatoms. The first-order valence-electron chi connectivity index (χ1n) is 8.86. The van der Waals surface area contributed by atoms with E-state index in [0.29, 0.717) is 22.8 Å². The topological polar surface area (TPSA) is 97.1 Å². The molecule has 1 unspecified atom stereocenters. The number of carboxylic acid groups (broad SMARTS) is 1. The van der Waals surface area contributed by atoms with E-state index in [4.69, 9.17) is 5.11 Å². The molecule has 1 aromatic carbocycles. The minimum atomic E-state index is -1.00. The van der Waals surface area contributed by atoms with Crippen LogP contribution < -0.4 is 5.32 Å². The highest BCUT2D eigenvalue weighted by Gasteiger charge is 2.19. The molecular weight excluding hydrogens is 376 g/mol. The summed E-state index contributed by atoms with van der Waals surface area (Å²) >= 11 is 1.08. The summed E-state index contributed by atoms with van der Waals surface area (Å²) in [5.41, 5.74) is 4.00. The van der Waals surface area contributed by atoms with Crippen molar-refractivity contribution in [3.8, 4) is 0 Å². The first-order chi connectivity index (χ1) is 13.2. The van der Waals surface area contributed by atoms with E-state index in [1.54, 1.807) is 19.9 Å². The van der Waals surface area contributed by atoms with Crippen molar-refractivity contribution in [1.82, 2.24) is 20.1 Å². The average Bonchev–Trinajstić information content (AvgIpc) is 3.17. The highest BCUT2D eigenvalue weighted by Crippen LogP contribution is 2.24. The summed E-state index contributed by atoms with van der Waals surface area (Å²) in [5, 5.41) is 17.1. The van der Waals surface area contributed by atoms with Gasteiger partial charge in [0.05, 0.1) is 24.0 Å². The highest BCUT2D eigenvalue weighted by molar-refractivity contribution is 7.13. The van der Waals surface area contributed by atoms with Gasteiger partial charge in [0, 0.05) is 11.3 Å². The molecule has 0 bridgehead atoms. The van der Waals surface area contributed by atoms with Crippen LogP contribution in [0, 0.1) is 20.8 Å². The number of rotatable bonds is 6. The average molecular weight is 398 g/mol. The second-order valence-electron chi connectivity index (χ2n) is 6.75. The van der Waals surface area contributed by atoms with Crippen LogP contribution in [0.5, 0.6) is 0 Å². The number of carbonyl (C=O) groups excluding carboxylic acids is 1. The number of aromatic carboxylic acids is 1. The molecule has 0 aliphatic carbocycles. The normalized spacial score (nSPS) is 12.0. The minimum absolute atomic E-state index is 0.197. The lowest BCUT2D eigenvalue weighted by atomic mass is 10.1. The standard InChI is InChI=1S/C20H22N4O3S/c1-11-8-12(2)24(23-11)10-15-6-5-7-16(9-15)18(25)21-14(4)19-22-13(3)17(28-19)20(26)27/h5-9,14H,10H2,1-4H3,(H,21,25)(H,26,27). The fraction of sp³-hybridized carbons (Fsp3) is 0.300. The smallest absolute Gasteiger partial charge is 0.347 e. The number of carbonyl (C=O) groups is 2. The van der Waals surface area contributed by atoms with Gasteiger partial charge in [0.15, 0.2) is 0 Å². The number of nitrogens with one attached hydrogen (secondary N) is 1. The van der Waals surface area contributed by atoms with E-state index >= 15 is 0 Å². The molecule has 0 aliphatic heterocycles. The number of hydrogen-bond acceptors (Lipinski definition) is 5. The Labute approximate surface area is 167 Å². The van der Waals surface area contributed by atoms with Crippen LogP contribution in [0.3, 0.4) is 0 Å². The fourth-order valence-electron chi connectivity index (χ4n) is 2.96. The van der Waals surface area contributed by atoms with Crippen LogP contribution in [0.2, 0.25) is 0 Å². The molecule has 2 heterocycles. The Morgan fingerprint density at radius 2 is 2.00 bits per heavy atom. The third-order valence-electron chi connectivity index (χ3n) is 4.35. The Balaban J connectivity index is 1.73. The van der Waals surface area contributed by atoms with Crippen LogP contribution in [-0.4, -0.2) is 31.7 Å². The van der Waals surface area contributed by atoms with Gasteiger partial charge in [-0.15, -0.1) is 11.3 Å². The number of hydrogen-bond donors (Lipinski definition) is 2. The van der Waals surface area contributed by atoms with Gasteiger partial charge in [-0.05, 0) is 51.5 Å². The van der Waals surface area contributed by atoms with Crippen molar-refractivity contribution in [2.24, 2.45) is 0 Å². The van der Waals surface area contributed by atoms with Gasteiger partial charge in [-0.2, -0.15) is 5.10 Å². The lowest BCUT2D eigenvalue weighted by molar-refractivity contribution is 0.0701. The van der Waals surface area contributed by atoms with Gasteiger partial charge >= 0.3 is 5.97 Å². The quantitative estimate of drug-likeness (QED) is 0.662. The zero-order valence-electron chi connectivity index (χ0n) is 16.2. The number of carboxylic acids is 1. The zero-order chi connectivity index (χ0) is 20.4. The number of nitrogens with zero attached hydrogens (tertiary/aromatic N) is 3. The summed E-state index contributed by atoms with van der Waals surface area (Å²) in [6.45, 7) is 7.98. The molecule has 0 spiro atoms. The highest BCUT2D eigenvalue weighted by atomic mass is 32.1. The van der Waals surface area contributed by atoms with E-state index in [2.05, 4.69) is 15.4 Å². The Kier molecular flexibility index (Phi) is 5.60. The summed E-state index contributed by atoms with van der Waals surface area (Å²) < 4.78 is 1.90. The van der Waals surface area contributed by atoms with Gasteiger partial charge in [-0.25, -0.2) is 9.78 Å². The number of benzene rings is 1. The molecular formula is C20H22N4O3S. The Hall–Kier alpha value is -3.00. The number of aryl methyl sites for hydroxylation is 3. The largest absolute Gasteiger partial charge is 0.477 e. The second-order valence-corrected chi connectivity index (χ2v) is 7.78. The van der Waals surface area contributed by atoms with E-state index < -0.39 is 5.97 Å². The summed E-state index contributed by atoms with van der Waals surface area (Å²) in [6, 6.07) is 9.02. The Bertz CT molecular complexity index is 1040. The Morgan fingerprint density at radius 1 is 1.25 bits per heavy atom. The van der Waals surface area contributed by atoms with E-state index in [0.717, 1.165) is 28.3 Å². The predicted octanol–water partition coefficient (Wildman–Crippen LogP) is 3.50. The molecule has 1 atom stereocenters. The van der Waals surface area contributed by atoms with Gasteiger partial charge < -0.3 is 10.4 Å². The molecule has 1 amide bonds. The molecule has 3 rings (SSSR count). The van der Waals surface area contributed by atoms with Crippen molar-refractivity contribution >= 4 is 23.2 Å². The monoisotopic (exact) mass is 398 g/mol. The zero-order valence-corrected chi connectivity index (χ0v) is 17.0. The van der Waals surface area contributed by atoms with E-state index in [1.165, 1.54) is 0 Å². The van der Waals surface area contributed by atoms with Crippen molar-refractivity contribution < 1.29 is 14.7 Å². The maximum Gasteiger partial charge on any atom is 0.347 e. The van der Waals surface area contributed by atoms with Gasteiger partial charge in [-0.3, -0.25) is 9.48 Å². The summed E-state index contributed by atoms with van der Waals surface area (Å²) in [7, 11) is 0. The molecule has 146 valence electrons. The lowest BCUT2D eigenvalue weighted by Gasteiger charge is -2.12. The van der Waals surface area contributed by atoms with Crippen molar-refractivity contribution in [2.45, 2.75) is 40.3 Å². The second kappa shape index (κ2) is 7.93. The van der Waals surface area contributed by atoms with E-state index in [9.17, 15) is 9.59 Å². The third-order valence-corrected chi connectivity index (χ3v) is 5.68. The summed E-state index contributed by atoms with van der Waals surface area (Å²) in [6.07, 6.45) is 0. The maximum atomic E-state index is 12.7. The SMILES string of the molecule is Cc1cc(C)n(Cc2cccc(C(=O)NC(C)c3nc(C)c(C(=O)O)s3)c2)n1. The molecule has 3 aromatic rings. The molecule has 2 N–H and O–H groups in total. The molecule has 28 heavy (non-hydrogen) atoms. The van der Waals surface area contributed by atoms with Crippen LogP contribution in [-0.2, 0) is 6.54 Å². The number of amides is 1. The molecule has 2 aromatic heterocycles. The minimum Gasteiger partial charge on any atom is -0.477 e. The van der Waals surface area contributed by atoms with Crippen molar-refractivity contribution in [2.75, 3.05) is 0 Å². The van der Waals surface area contributed by atoms with Gasteiger partial charge in [0.2, 0.25) is 0 Å². The van der Waals surface area contributed by atoms with Crippen LogP contribution in [0.1, 0.15) is 60.6 Å². The third kappa shape index (κ3) is 4.28. The molecule has 0 radical (unpaired) electrons. The van der Waals surface area contributed by atoms with Crippen LogP contribution in [0.15, 0.2) is 30.3 Å². The maximum absolute atomic E-state index is 12.7. The molecule has 0 aliphatic rings. The van der Waals surface area contributed by atoms with Crippen LogP contribution in [0.25, 0.3) is 0 Å². The number of aromatic nitrogens is 3. The molecule has 0 fully saturated rings. The van der Waals surface area contributed by atoms with Gasteiger partial charge in [0.1, 0.15) is 9.88 Å². The Morgan fingerprint density at radius 3 is 2.61 bits per heavy atom. The van der Waals surface area contributed by atoms with Crippen LogP contribution >= 0.6 is 11.3 Å². The first kappa shape index (κ1) is 19.8. The lowest BCUT2D eigenvalue weighted by Crippen LogP contribution is -2.26. The van der Waals surface area contributed by atoms with E-state index in [1.807, 2.05) is 42.8 Å².